The fourth-order valence-corrected chi connectivity index (χ4v) is 5.07. The van der Waals surface area contributed by atoms with Gasteiger partial charge in [-0.05, 0) is 6.42 Å². The Labute approximate surface area is 161 Å². The second kappa shape index (κ2) is 20.5. The summed E-state index contributed by atoms with van der Waals surface area (Å²) in [5.41, 5.74) is 0. The van der Waals surface area contributed by atoms with Crippen molar-refractivity contribution in [3.63, 3.8) is 0 Å². The Balaban J connectivity index is 3.09. The molecule has 0 aliphatic heterocycles. The molecule has 0 saturated heterocycles. The average molecular weight is 397 g/mol. The number of rotatable bonds is 20. The first-order valence-electron chi connectivity index (χ1n) is 10.6. The molecule has 0 amide bonds. The summed E-state index contributed by atoms with van der Waals surface area (Å²) >= 11 is -2.30. The van der Waals surface area contributed by atoms with Crippen LogP contribution in [-0.2, 0) is 22.0 Å². The lowest BCUT2D eigenvalue weighted by Gasteiger charge is -2.04. The van der Waals surface area contributed by atoms with Crippen LogP contribution in [0.15, 0.2) is 0 Å². The third kappa shape index (κ3) is 22.2. The minimum absolute atomic E-state index is 0.0779. The van der Waals surface area contributed by atoms with Gasteiger partial charge >= 0.3 is 0 Å². The molecular weight excluding hydrogens is 355 g/mol. The molecule has 0 saturated carbocycles. The third-order valence-corrected chi connectivity index (χ3v) is 6.88. The Morgan fingerprint density at radius 2 is 0.880 bits per heavy atom. The first kappa shape index (κ1) is 25.2. The Hall–Kier alpha value is 0.230. The minimum Gasteiger partial charge on any atom is -0.260 e. The van der Waals surface area contributed by atoms with E-state index in [1.54, 1.807) is 0 Å². The highest BCUT2D eigenvalue weighted by Crippen LogP contribution is 2.13. The fourth-order valence-electron chi connectivity index (χ4n) is 3.07. The zero-order valence-corrected chi connectivity index (χ0v) is 18.1. The van der Waals surface area contributed by atoms with Crippen LogP contribution in [0.2, 0.25) is 0 Å². The van der Waals surface area contributed by atoms with Crippen LogP contribution in [0.25, 0.3) is 0 Å². The van der Waals surface area contributed by atoms with Gasteiger partial charge < -0.3 is 0 Å². The van der Waals surface area contributed by atoms with Crippen molar-refractivity contribution in [2.75, 3.05) is 17.3 Å². The van der Waals surface area contributed by atoms with Crippen LogP contribution in [0.4, 0.5) is 3.89 Å². The van der Waals surface area contributed by atoms with Crippen LogP contribution in [0.1, 0.15) is 110 Å². The van der Waals surface area contributed by atoms with E-state index in [-0.39, 0.29) is 11.5 Å². The normalized spacial score (nSPS) is 13.8. The molecule has 2 unspecified atom stereocenters. The van der Waals surface area contributed by atoms with Gasteiger partial charge in [0.15, 0.2) is 11.2 Å². The average Bonchev–Trinajstić information content (AvgIpc) is 2.59. The van der Waals surface area contributed by atoms with Crippen molar-refractivity contribution in [3.8, 4) is 0 Å². The molecule has 0 heterocycles. The summed E-state index contributed by atoms with van der Waals surface area (Å²) in [6.45, 7) is 2.27. The number of hydrogen-bond acceptors (Lipinski definition) is 2. The molecule has 0 aliphatic rings. The van der Waals surface area contributed by atoms with E-state index in [4.69, 9.17) is 0 Å². The highest BCUT2D eigenvalue weighted by Gasteiger charge is 2.03. The van der Waals surface area contributed by atoms with Gasteiger partial charge in [0.25, 0.3) is 0 Å². The van der Waals surface area contributed by atoms with Crippen LogP contribution >= 0.6 is 0 Å². The van der Waals surface area contributed by atoms with Crippen LogP contribution in [0.3, 0.4) is 0 Å². The topological polar surface area (TPSA) is 34.1 Å². The van der Waals surface area contributed by atoms with E-state index in [2.05, 4.69) is 6.92 Å². The molecule has 0 aromatic rings. The Morgan fingerprint density at radius 1 is 0.520 bits per heavy atom. The van der Waals surface area contributed by atoms with Crippen molar-refractivity contribution < 1.29 is 12.3 Å². The van der Waals surface area contributed by atoms with Crippen LogP contribution in [-0.4, -0.2) is 25.7 Å². The summed E-state index contributed by atoms with van der Waals surface area (Å²) in [5, 5.41) is 0. The van der Waals surface area contributed by atoms with Gasteiger partial charge in [0.2, 0.25) is 0 Å². The second-order valence-corrected chi connectivity index (χ2v) is 9.83. The molecule has 152 valence electrons. The maximum atomic E-state index is 12.1. The van der Waals surface area contributed by atoms with Gasteiger partial charge in [0.1, 0.15) is 0 Å². The van der Waals surface area contributed by atoms with Crippen LogP contribution in [0.5, 0.6) is 0 Å². The van der Waals surface area contributed by atoms with E-state index in [9.17, 15) is 12.3 Å². The molecule has 0 bridgehead atoms. The molecule has 0 rings (SSSR count). The van der Waals surface area contributed by atoms with Gasteiger partial charge in [-0.3, -0.25) is 4.21 Å². The summed E-state index contributed by atoms with van der Waals surface area (Å²) in [7, 11) is -0.991. The zero-order chi connectivity index (χ0) is 18.6. The molecular formula is C20H41FO2S2. The quantitative estimate of drug-likeness (QED) is 0.171. The fraction of sp³-hybridized carbons (Fsp3) is 1.00. The smallest absolute Gasteiger partial charge is 0.199 e. The zero-order valence-electron chi connectivity index (χ0n) is 16.4. The Bertz CT molecular complexity index is 325. The van der Waals surface area contributed by atoms with E-state index < -0.39 is 22.0 Å². The lowest BCUT2D eigenvalue weighted by atomic mass is 10.0. The summed E-state index contributed by atoms with van der Waals surface area (Å²) in [5.74, 6) is 0.795. The summed E-state index contributed by atoms with van der Waals surface area (Å²) < 4.78 is 33.9. The highest BCUT2D eigenvalue weighted by molar-refractivity contribution is 7.87. The van der Waals surface area contributed by atoms with Gasteiger partial charge in [-0.1, -0.05) is 103 Å². The minimum atomic E-state index is -2.30. The molecule has 0 spiro atoms. The van der Waals surface area contributed by atoms with E-state index in [0.717, 1.165) is 12.8 Å². The van der Waals surface area contributed by atoms with E-state index in [1.807, 2.05) is 0 Å². The molecule has 0 aromatic heterocycles. The molecule has 0 aromatic carbocycles. The Kier molecular flexibility index (Phi) is 20.7. The molecule has 5 heteroatoms. The van der Waals surface area contributed by atoms with Crippen LogP contribution in [0, 0.1) is 0 Å². The van der Waals surface area contributed by atoms with Gasteiger partial charge in [-0.15, -0.1) is 3.89 Å². The molecule has 2 atom stereocenters. The SMILES string of the molecule is CCCCCCCCCCCCCCCCCCS(=O)CCS(=O)F. The molecule has 0 fully saturated rings. The highest BCUT2D eigenvalue weighted by atomic mass is 32.2. The van der Waals surface area contributed by atoms with Crippen molar-refractivity contribution in [3.05, 3.63) is 0 Å². The molecule has 25 heavy (non-hydrogen) atoms. The lowest BCUT2D eigenvalue weighted by Crippen LogP contribution is -2.08. The molecule has 2 nitrogen and oxygen atoms in total. The second-order valence-electron chi connectivity index (χ2n) is 7.15. The van der Waals surface area contributed by atoms with Gasteiger partial charge in [-0.2, -0.15) is 0 Å². The van der Waals surface area contributed by atoms with Crippen LogP contribution < -0.4 is 0 Å². The number of unbranched alkanes of at least 4 members (excludes halogenated alkanes) is 15. The molecule has 0 radical (unpaired) electrons. The maximum Gasteiger partial charge on any atom is 0.199 e. The number of halogens is 1. The third-order valence-electron chi connectivity index (χ3n) is 4.70. The van der Waals surface area contributed by atoms with Crippen molar-refractivity contribution >= 4 is 22.0 Å². The van der Waals surface area contributed by atoms with Gasteiger partial charge in [0.05, 0.1) is 5.75 Å². The van der Waals surface area contributed by atoms with Gasteiger partial charge in [-0.25, -0.2) is 4.21 Å². The first-order chi connectivity index (χ1) is 12.2. The largest absolute Gasteiger partial charge is 0.260 e. The number of hydrogen-bond donors (Lipinski definition) is 0. The predicted molar refractivity (Wildman–Crippen MR) is 112 cm³/mol. The summed E-state index contributed by atoms with van der Waals surface area (Å²) in [6.07, 6.45) is 21.2. The Morgan fingerprint density at radius 3 is 1.24 bits per heavy atom. The van der Waals surface area contributed by atoms with Crippen molar-refractivity contribution in [2.45, 2.75) is 110 Å². The summed E-state index contributed by atoms with van der Waals surface area (Å²) in [6, 6.07) is 0. The van der Waals surface area contributed by atoms with E-state index >= 15 is 0 Å². The van der Waals surface area contributed by atoms with Gasteiger partial charge in [0, 0.05) is 22.3 Å². The first-order valence-corrected chi connectivity index (χ1v) is 13.3. The predicted octanol–water partition coefficient (Wildman–Crippen LogP) is 6.63. The van der Waals surface area contributed by atoms with Crippen molar-refractivity contribution in [1.82, 2.24) is 0 Å². The maximum absolute atomic E-state index is 12.1. The van der Waals surface area contributed by atoms with Crippen molar-refractivity contribution in [1.29, 1.82) is 0 Å². The molecule has 0 N–H and O–H groups in total. The lowest BCUT2D eigenvalue weighted by molar-refractivity contribution is 0.531. The van der Waals surface area contributed by atoms with E-state index in [0.29, 0.717) is 5.75 Å². The standard InChI is InChI=1S/C20H41FO2S2/c1-2-3-4-5-6-7-8-9-10-11-12-13-14-15-16-17-18-24(22)19-20-25(21)23/h2-20H2,1H3. The van der Waals surface area contributed by atoms with E-state index in [1.165, 1.54) is 89.9 Å². The van der Waals surface area contributed by atoms with Crippen molar-refractivity contribution in [2.24, 2.45) is 0 Å². The molecule has 0 aliphatic carbocycles. The monoisotopic (exact) mass is 396 g/mol. The summed E-state index contributed by atoms with van der Waals surface area (Å²) in [4.78, 5) is 0.